The number of thiophene rings is 1. The van der Waals surface area contributed by atoms with Crippen molar-refractivity contribution in [2.75, 3.05) is 10.6 Å². The standard InChI is InChI=1S/C25H20N4S/c1-17-6-5-9-21(14-17)28-19-10-12-20(13-11-19)29-25-24-22(26-16-27-25)15-23(30-24)18-7-3-2-4-8-18/h2-16,28H,1H3,(H,26,27,29). The quantitative estimate of drug-likeness (QED) is 0.324. The lowest BCUT2D eigenvalue weighted by Gasteiger charge is -2.10. The fraction of sp³-hybridized carbons (Fsp3) is 0.0400. The minimum absolute atomic E-state index is 0.826. The lowest BCUT2D eigenvalue weighted by molar-refractivity contribution is 1.23. The van der Waals surface area contributed by atoms with Crippen LogP contribution in [-0.4, -0.2) is 9.97 Å². The van der Waals surface area contributed by atoms with E-state index in [-0.39, 0.29) is 0 Å². The van der Waals surface area contributed by atoms with Crippen molar-refractivity contribution in [1.29, 1.82) is 0 Å². The zero-order valence-corrected chi connectivity index (χ0v) is 17.3. The van der Waals surface area contributed by atoms with Crippen LogP contribution in [0.15, 0.2) is 91.3 Å². The van der Waals surface area contributed by atoms with Gasteiger partial charge in [0.1, 0.15) is 6.33 Å². The van der Waals surface area contributed by atoms with Gasteiger partial charge in [0.2, 0.25) is 0 Å². The molecule has 5 heteroatoms. The smallest absolute Gasteiger partial charge is 0.151 e. The van der Waals surface area contributed by atoms with Crippen LogP contribution in [0, 0.1) is 6.92 Å². The van der Waals surface area contributed by atoms with Crippen molar-refractivity contribution < 1.29 is 0 Å². The summed E-state index contributed by atoms with van der Waals surface area (Å²) >= 11 is 1.70. The Labute approximate surface area is 179 Å². The molecule has 2 aromatic heterocycles. The number of aromatic nitrogens is 2. The summed E-state index contributed by atoms with van der Waals surface area (Å²) in [4.78, 5) is 10.1. The zero-order valence-electron chi connectivity index (χ0n) is 16.5. The first-order chi connectivity index (χ1) is 14.7. The van der Waals surface area contributed by atoms with Gasteiger partial charge in [0.05, 0.1) is 10.2 Å². The number of aryl methyl sites for hydroxylation is 1. The van der Waals surface area contributed by atoms with Gasteiger partial charge in [-0.05, 0) is 60.5 Å². The summed E-state index contributed by atoms with van der Waals surface area (Å²) < 4.78 is 1.05. The molecule has 5 rings (SSSR count). The molecule has 0 saturated heterocycles. The van der Waals surface area contributed by atoms with E-state index in [1.165, 1.54) is 16.0 Å². The molecule has 0 saturated carbocycles. The average molecular weight is 409 g/mol. The molecule has 0 aliphatic heterocycles. The first kappa shape index (κ1) is 18.3. The van der Waals surface area contributed by atoms with Crippen LogP contribution < -0.4 is 10.6 Å². The molecule has 146 valence electrons. The van der Waals surface area contributed by atoms with Crippen LogP contribution in [0.5, 0.6) is 0 Å². The summed E-state index contributed by atoms with van der Waals surface area (Å²) in [6.07, 6.45) is 1.61. The summed E-state index contributed by atoms with van der Waals surface area (Å²) in [5, 5.41) is 6.88. The molecule has 5 aromatic rings. The Morgan fingerprint density at radius 3 is 2.23 bits per heavy atom. The maximum absolute atomic E-state index is 4.48. The average Bonchev–Trinajstić information content (AvgIpc) is 3.21. The topological polar surface area (TPSA) is 49.8 Å². The first-order valence-corrected chi connectivity index (χ1v) is 10.6. The highest BCUT2D eigenvalue weighted by Gasteiger charge is 2.10. The third-order valence-electron chi connectivity index (χ3n) is 4.82. The van der Waals surface area contributed by atoms with Crippen LogP contribution in [0.4, 0.5) is 22.9 Å². The van der Waals surface area contributed by atoms with E-state index in [0.29, 0.717) is 0 Å². The SMILES string of the molecule is Cc1cccc(Nc2ccc(Nc3ncnc4cc(-c5ccccc5)sc34)cc2)c1. The Kier molecular flexibility index (Phi) is 4.87. The van der Waals surface area contributed by atoms with Crippen molar-refractivity contribution in [2.45, 2.75) is 6.92 Å². The predicted octanol–water partition coefficient (Wildman–Crippen LogP) is 7.15. The van der Waals surface area contributed by atoms with Gasteiger partial charge in [-0.25, -0.2) is 9.97 Å². The highest BCUT2D eigenvalue weighted by Crippen LogP contribution is 2.36. The van der Waals surface area contributed by atoms with Crippen molar-refractivity contribution in [1.82, 2.24) is 9.97 Å². The number of rotatable bonds is 5. The summed E-state index contributed by atoms with van der Waals surface area (Å²) in [7, 11) is 0. The van der Waals surface area contributed by atoms with Crippen molar-refractivity contribution in [3.05, 3.63) is 96.8 Å². The lowest BCUT2D eigenvalue weighted by Crippen LogP contribution is -1.95. The maximum Gasteiger partial charge on any atom is 0.151 e. The van der Waals surface area contributed by atoms with E-state index < -0.39 is 0 Å². The summed E-state index contributed by atoms with van der Waals surface area (Å²) in [5.74, 6) is 0.826. The van der Waals surface area contributed by atoms with Gasteiger partial charge in [-0.3, -0.25) is 0 Å². The number of anilines is 4. The van der Waals surface area contributed by atoms with Gasteiger partial charge in [-0.15, -0.1) is 11.3 Å². The van der Waals surface area contributed by atoms with Crippen LogP contribution >= 0.6 is 11.3 Å². The molecular formula is C25H20N4S. The van der Waals surface area contributed by atoms with E-state index in [0.717, 1.165) is 33.1 Å². The largest absolute Gasteiger partial charge is 0.356 e. The van der Waals surface area contributed by atoms with Crippen molar-refractivity contribution in [3.8, 4) is 10.4 Å². The van der Waals surface area contributed by atoms with Gasteiger partial charge in [0.15, 0.2) is 5.82 Å². The number of benzene rings is 3. The number of fused-ring (bicyclic) bond motifs is 1. The lowest BCUT2D eigenvalue weighted by atomic mass is 10.2. The molecule has 3 aromatic carbocycles. The first-order valence-electron chi connectivity index (χ1n) is 9.75. The van der Waals surface area contributed by atoms with E-state index in [2.05, 4.69) is 106 Å². The minimum Gasteiger partial charge on any atom is -0.356 e. The van der Waals surface area contributed by atoms with Crippen LogP contribution in [0.1, 0.15) is 5.56 Å². The Bertz CT molecular complexity index is 1290. The third-order valence-corrected chi connectivity index (χ3v) is 6.00. The molecule has 0 radical (unpaired) electrons. The Morgan fingerprint density at radius 2 is 1.47 bits per heavy atom. The molecule has 0 spiro atoms. The van der Waals surface area contributed by atoms with E-state index in [9.17, 15) is 0 Å². The summed E-state index contributed by atoms with van der Waals surface area (Å²) in [5.41, 5.74) is 6.49. The molecule has 0 aliphatic carbocycles. The Morgan fingerprint density at radius 1 is 0.700 bits per heavy atom. The molecule has 0 aliphatic rings. The number of hydrogen-bond acceptors (Lipinski definition) is 5. The molecule has 2 N–H and O–H groups in total. The Hall–Kier alpha value is -3.70. The summed E-state index contributed by atoms with van der Waals surface area (Å²) in [6.45, 7) is 2.09. The number of nitrogens with zero attached hydrogens (tertiary/aromatic N) is 2. The van der Waals surface area contributed by atoms with E-state index >= 15 is 0 Å². The maximum atomic E-state index is 4.48. The number of hydrogen-bond donors (Lipinski definition) is 2. The fourth-order valence-corrected chi connectivity index (χ4v) is 4.41. The normalized spacial score (nSPS) is 10.8. The molecule has 0 atom stereocenters. The third kappa shape index (κ3) is 3.88. The van der Waals surface area contributed by atoms with Crippen molar-refractivity contribution in [3.63, 3.8) is 0 Å². The second kappa shape index (κ2) is 7.97. The molecule has 0 unspecified atom stereocenters. The monoisotopic (exact) mass is 408 g/mol. The van der Waals surface area contributed by atoms with Gasteiger partial charge in [-0.1, -0.05) is 42.5 Å². The van der Waals surface area contributed by atoms with E-state index in [4.69, 9.17) is 0 Å². The van der Waals surface area contributed by atoms with E-state index in [1.807, 2.05) is 6.07 Å². The predicted molar refractivity (Wildman–Crippen MR) is 127 cm³/mol. The number of nitrogens with one attached hydrogen (secondary N) is 2. The molecule has 0 amide bonds. The second-order valence-electron chi connectivity index (χ2n) is 7.11. The highest BCUT2D eigenvalue weighted by molar-refractivity contribution is 7.22. The molecule has 0 bridgehead atoms. The van der Waals surface area contributed by atoms with Gasteiger partial charge >= 0.3 is 0 Å². The molecular weight excluding hydrogens is 388 g/mol. The van der Waals surface area contributed by atoms with Gasteiger partial charge in [0.25, 0.3) is 0 Å². The Balaban J connectivity index is 1.38. The van der Waals surface area contributed by atoms with Crippen LogP contribution in [0.25, 0.3) is 20.7 Å². The minimum atomic E-state index is 0.826. The fourth-order valence-electron chi connectivity index (χ4n) is 3.35. The second-order valence-corrected chi connectivity index (χ2v) is 8.16. The van der Waals surface area contributed by atoms with Gasteiger partial charge in [-0.2, -0.15) is 0 Å². The van der Waals surface area contributed by atoms with Crippen LogP contribution in [0.3, 0.4) is 0 Å². The zero-order chi connectivity index (χ0) is 20.3. The van der Waals surface area contributed by atoms with E-state index in [1.54, 1.807) is 17.7 Å². The summed E-state index contributed by atoms with van der Waals surface area (Å²) in [6, 6.07) is 29.1. The van der Waals surface area contributed by atoms with Crippen LogP contribution in [-0.2, 0) is 0 Å². The molecule has 4 nitrogen and oxygen atoms in total. The van der Waals surface area contributed by atoms with Gasteiger partial charge < -0.3 is 10.6 Å². The van der Waals surface area contributed by atoms with Crippen molar-refractivity contribution in [2.24, 2.45) is 0 Å². The van der Waals surface area contributed by atoms with Crippen molar-refractivity contribution >= 4 is 44.4 Å². The molecule has 2 heterocycles. The molecule has 30 heavy (non-hydrogen) atoms. The van der Waals surface area contributed by atoms with Crippen LogP contribution in [0.2, 0.25) is 0 Å². The highest BCUT2D eigenvalue weighted by atomic mass is 32.1. The van der Waals surface area contributed by atoms with Gasteiger partial charge in [0, 0.05) is 21.9 Å². The molecule has 0 fully saturated rings.